The summed E-state index contributed by atoms with van der Waals surface area (Å²) in [4.78, 5) is 10.5. The summed E-state index contributed by atoms with van der Waals surface area (Å²) >= 11 is 0. The first-order valence-corrected chi connectivity index (χ1v) is 4.13. The summed E-state index contributed by atoms with van der Waals surface area (Å²) in [6.07, 6.45) is -0.782. The van der Waals surface area contributed by atoms with E-state index in [1.165, 1.54) is 19.1 Å². The monoisotopic (exact) mass is 209 g/mol. The average molecular weight is 209 g/mol. The first kappa shape index (κ1) is 11.0. The van der Waals surface area contributed by atoms with Crippen LogP contribution in [0.2, 0.25) is 0 Å². The van der Waals surface area contributed by atoms with Crippen LogP contribution >= 0.6 is 0 Å². The molecule has 0 aliphatic heterocycles. The molecule has 15 heavy (non-hydrogen) atoms. The molecule has 0 aliphatic carbocycles. The van der Waals surface area contributed by atoms with Crippen molar-refractivity contribution in [3.05, 3.63) is 29.6 Å². The summed E-state index contributed by atoms with van der Waals surface area (Å²) in [6.45, 7) is 1.46. The topological polar surface area (TPSA) is 70.3 Å². The van der Waals surface area contributed by atoms with E-state index < -0.39 is 17.9 Å². The molecule has 78 valence electrons. The summed E-state index contributed by atoms with van der Waals surface area (Å²) < 4.78 is 18.1. The Labute approximate surface area is 85.5 Å². The lowest BCUT2D eigenvalue weighted by atomic mass is 10.2. The Balaban J connectivity index is 2.94. The number of hydrogen-bond donors (Lipinski definition) is 1. The molecule has 5 heteroatoms. The van der Waals surface area contributed by atoms with E-state index in [2.05, 4.69) is 0 Å². The van der Waals surface area contributed by atoms with Gasteiger partial charge in [-0.3, -0.25) is 0 Å². The molecule has 0 amide bonds. The lowest BCUT2D eigenvalue weighted by Crippen LogP contribution is -2.09. The second kappa shape index (κ2) is 4.42. The molecular formula is C10H8FNO3. The van der Waals surface area contributed by atoms with Crippen molar-refractivity contribution in [2.24, 2.45) is 0 Å². The molecule has 0 bridgehead atoms. The van der Waals surface area contributed by atoms with Crippen LogP contribution in [0, 0.1) is 17.1 Å². The first-order valence-electron chi connectivity index (χ1n) is 4.13. The highest BCUT2D eigenvalue weighted by molar-refractivity contribution is 5.87. The largest absolute Gasteiger partial charge is 0.478 e. The van der Waals surface area contributed by atoms with Gasteiger partial charge in [-0.2, -0.15) is 5.26 Å². The van der Waals surface area contributed by atoms with Crippen LogP contribution < -0.4 is 4.74 Å². The standard InChI is InChI=1S/C10H8FNO3/c1-6(5-12)15-9-3-2-7(10(13)14)4-8(9)11/h2-4,6H,1H3,(H,13,14). The van der Waals surface area contributed by atoms with E-state index in [-0.39, 0.29) is 11.3 Å². The third-order valence-electron chi connectivity index (χ3n) is 1.66. The molecule has 0 aromatic heterocycles. The minimum atomic E-state index is -1.21. The molecule has 0 saturated carbocycles. The van der Waals surface area contributed by atoms with E-state index in [4.69, 9.17) is 15.1 Å². The minimum Gasteiger partial charge on any atom is -0.478 e. The lowest BCUT2D eigenvalue weighted by Gasteiger charge is -2.08. The van der Waals surface area contributed by atoms with Gasteiger partial charge < -0.3 is 9.84 Å². The maximum absolute atomic E-state index is 13.2. The Morgan fingerprint density at radius 2 is 2.33 bits per heavy atom. The summed E-state index contributed by atoms with van der Waals surface area (Å²) in [5.74, 6) is -2.14. The molecule has 1 aromatic carbocycles. The maximum atomic E-state index is 13.2. The van der Waals surface area contributed by atoms with Gasteiger partial charge in [0, 0.05) is 0 Å². The summed E-state index contributed by atoms with van der Waals surface area (Å²) in [7, 11) is 0. The second-order valence-electron chi connectivity index (χ2n) is 2.84. The third-order valence-corrected chi connectivity index (χ3v) is 1.66. The Bertz CT molecular complexity index is 425. The number of nitrogens with zero attached hydrogens (tertiary/aromatic N) is 1. The zero-order valence-electron chi connectivity index (χ0n) is 7.90. The molecule has 0 radical (unpaired) electrons. The number of rotatable bonds is 3. The van der Waals surface area contributed by atoms with Gasteiger partial charge in [-0.15, -0.1) is 0 Å². The second-order valence-corrected chi connectivity index (χ2v) is 2.84. The van der Waals surface area contributed by atoms with Gasteiger partial charge in [0.2, 0.25) is 0 Å². The van der Waals surface area contributed by atoms with Crippen molar-refractivity contribution >= 4 is 5.97 Å². The highest BCUT2D eigenvalue weighted by atomic mass is 19.1. The average Bonchev–Trinajstić information content (AvgIpc) is 2.20. The molecule has 1 aromatic rings. The van der Waals surface area contributed by atoms with E-state index in [9.17, 15) is 9.18 Å². The fraction of sp³-hybridized carbons (Fsp3) is 0.200. The van der Waals surface area contributed by atoms with Crippen molar-refractivity contribution < 1.29 is 19.0 Å². The van der Waals surface area contributed by atoms with E-state index in [1.807, 2.05) is 0 Å². The van der Waals surface area contributed by atoms with Crippen molar-refractivity contribution in [1.29, 1.82) is 5.26 Å². The molecule has 0 spiro atoms. The van der Waals surface area contributed by atoms with Crippen molar-refractivity contribution in [3.8, 4) is 11.8 Å². The van der Waals surface area contributed by atoms with Crippen molar-refractivity contribution in [2.45, 2.75) is 13.0 Å². The maximum Gasteiger partial charge on any atom is 0.335 e. The van der Waals surface area contributed by atoms with Crippen LogP contribution in [0.4, 0.5) is 4.39 Å². The molecule has 1 atom stereocenters. The lowest BCUT2D eigenvalue weighted by molar-refractivity contribution is 0.0696. The van der Waals surface area contributed by atoms with Crippen molar-refractivity contribution in [2.75, 3.05) is 0 Å². The van der Waals surface area contributed by atoms with E-state index >= 15 is 0 Å². The number of carboxylic acid groups (broad SMARTS) is 1. The van der Waals surface area contributed by atoms with Gasteiger partial charge in [-0.05, 0) is 25.1 Å². The molecule has 1 unspecified atom stereocenters. The van der Waals surface area contributed by atoms with E-state index in [0.717, 1.165) is 6.07 Å². The number of benzene rings is 1. The van der Waals surface area contributed by atoms with Gasteiger partial charge in [-0.25, -0.2) is 9.18 Å². The zero-order chi connectivity index (χ0) is 11.4. The summed E-state index contributed by atoms with van der Waals surface area (Å²) in [6, 6.07) is 5.02. The van der Waals surface area contributed by atoms with Gasteiger partial charge >= 0.3 is 5.97 Å². The SMILES string of the molecule is CC(C#N)Oc1ccc(C(=O)O)cc1F. The van der Waals surface area contributed by atoms with Gasteiger partial charge in [0.05, 0.1) is 5.56 Å². The van der Waals surface area contributed by atoms with Crippen LogP contribution in [0.5, 0.6) is 5.75 Å². The fourth-order valence-corrected chi connectivity index (χ4v) is 0.946. The number of nitriles is 1. The van der Waals surface area contributed by atoms with Crippen molar-refractivity contribution in [1.82, 2.24) is 0 Å². The first-order chi connectivity index (χ1) is 7.04. The smallest absolute Gasteiger partial charge is 0.335 e. The summed E-state index contributed by atoms with van der Waals surface area (Å²) in [5.41, 5.74) is -0.163. The number of carbonyl (C=O) groups is 1. The molecule has 1 N–H and O–H groups in total. The quantitative estimate of drug-likeness (QED) is 0.824. The third kappa shape index (κ3) is 2.68. The predicted molar refractivity (Wildman–Crippen MR) is 49.1 cm³/mol. The molecule has 0 heterocycles. The molecule has 0 aliphatic rings. The van der Waals surface area contributed by atoms with E-state index in [1.54, 1.807) is 6.07 Å². The highest BCUT2D eigenvalue weighted by Gasteiger charge is 2.11. The van der Waals surface area contributed by atoms with Crippen LogP contribution in [0.15, 0.2) is 18.2 Å². The van der Waals surface area contributed by atoms with Crippen LogP contribution in [0.1, 0.15) is 17.3 Å². The Kier molecular flexibility index (Phi) is 3.24. The van der Waals surface area contributed by atoms with Crippen LogP contribution in [-0.2, 0) is 0 Å². The Morgan fingerprint density at radius 3 is 2.80 bits per heavy atom. The van der Waals surface area contributed by atoms with Crippen LogP contribution in [0.25, 0.3) is 0 Å². The van der Waals surface area contributed by atoms with Crippen LogP contribution in [-0.4, -0.2) is 17.2 Å². The molecular weight excluding hydrogens is 201 g/mol. The fourth-order valence-electron chi connectivity index (χ4n) is 0.946. The van der Waals surface area contributed by atoms with Gasteiger partial charge in [0.25, 0.3) is 0 Å². The number of ether oxygens (including phenoxy) is 1. The number of hydrogen-bond acceptors (Lipinski definition) is 3. The number of aromatic carboxylic acids is 1. The molecule has 4 nitrogen and oxygen atoms in total. The predicted octanol–water partition coefficient (Wildman–Crippen LogP) is 1.81. The Hall–Kier alpha value is -2.09. The number of halogens is 1. The van der Waals surface area contributed by atoms with Gasteiger partial charge in [0.15, 0.2) is 17.7 Å². The van der Waals surface area contributed by atoms with Crippen molar-refractivity contribution in [3.63, 3.8) is 0 Å². The van der Waals surface area contributed by atoms with Crippen LogP contribution in [0.3, 0.4) is 0 Å². The molecule has 1 rings (SSSR count). The van der Waals surface area contributed by atoms with Gasteiger partial charge in [-0.1, -0.05) is 0 Å². The van der Waals surface area contributed by atoms with Gasteiger partial charge in [0.1, 0.15) is 6.07 Å². The highest BCUT2D eigenvalue weighted by Crippen LogP contribution is 2.19. The minimum absolute atomic E-state index is 0.131. The zero-order valence-corrected chi connectivity index (χ0v) is 7.90. The Morgan fingerprint density at radius 1 is 1.67 bits per heavy atom. The molecule has 0 saturated heterocycles. The normalized spacial score (nSPS) is 11.5. The summed E-state index contributed by atoms with van der Waals surface area (Å²) in [5, 5.41) is 17.0. The van der Waals surface area contributed by atoms with E-state index in [0.29, 0.717) is 0 Å². The molecule has 0 fully saturated rings. The number of carboxylic acids is 1.